The molecule has 0 spiro atoms. The fourth-order valence-electron chi connectivity index (χ4n) is 3.05. The second-order valence-electron chi connectivity index (χ2n) is 6.42. The van der Waals surface area contributed by atoms with Crippen LogP contribution in [0, 0.1) is 11.7 Å². The summed E-state index contributed by atoms with van der Waals surface area (Å²) in [6.45, 7) is 4.00. The number of hydrogen-bond acceptors (Lipinski definition) is 3. The maximum atomic E-state index is 13.8. The number of hydrogen-bond donors (Lipinski definition) is 2. The molecule has 1 amide bonds. The quantitative estimate of drug-likeness (QED) is 0.827. The summed E-state index contributed by atoms with van der Waals surface area (Å²) in [6.07, 6.45) is 3.95. The van der Waals surface area contributed by atoms with Crippen molar-refractivity contribution >= 4 is 17.6 Å². The van der Waals surface area contributed by atoms with Crippen LogP contribution in [0.15, 0.2) is 18.2 Å². The van der Waals surface area contributed by atoms with Crippen LogP contribution in [0.2, 0.25) is 0 Å². The van der Waals surface area contributed by atoms with Crippen molar-refractivity contribution in [1.29, 1.82) is 0 Å². The molecule has 6 heteroatoms. The van der Waals surface area contributed by atoms with E-state index >= 15 is 0 Å². The van der Waals surface area contributed by atoms with E-state index in [1.807, 2.05) is 6.92 Å². The van der Waals surface area contributed by atoms with E-state index in [0.29, 0.717) is 12.3 Å². The summed E-state index contributed by atoms with van der Waals surface area (Å²) in [4.78, 5) is 23.4. The highest BCUT2D eigenvalue weighted by Crippen LogP contribution is 2.27. The molecule has 1 aliphatic carbocycles. The van der Waals surface area contributed by atoms with Gasteiger partial charge in [-0.05, 0) is 43.4 Å². The van der Waals surface area contributed by atoms with E-state index < -0.39 is 23.8 Å². The van der Waals surface area contributed by atoms with Gasteiger partial charge in [-0.15, -0.1) is 0 Å². The van der Waals surface area contributed by atoms with E-state index in [2.05, 4.69) is 12.2 Å². The summed E-state index contributed by atoms with van der Waals surface area (Å²) < 4.78 is 19.7. The number of carboxylic acid groups (broad SMARTS) is 1. The molecule has 1 aromatic rings. The third-order valence-electron chi connectivity index (χ3n) is 4.38. The zero-order chi connectivity index (χ0) is 17.7. The number of aromatic carboxylic acids is 1. The van der Waals surface area contributed by atoms with Crippen molar-refractivity contribution in [3.8, 4) is 0 Å². The Morgan fingerprint density at radius 3 is 2.79 bits per heavy atom. The number of rotatable bonds is 6. The molecule has 3 atom stereocenters. The first kappa shape index (κ1) is 18.4. The average Bonchev–Trinajstić information content (AvgIpc) is 2.54. The predicted octanol–water partition coefficient (Wildman–Crippen LogP) is 3.84. The molecule has 0 aromatic heterocycles. The van der Waals surface area contributed by atoms with Gasteiger partial charge < -0.3 is 15.2 Å². The number of amides is 1. The van der Waals surface area contributed by atoms with Crippen LogP contribution in [0.3, 0.4) is 0 Å². The van der Waals surface area contributed by atoms with Gasteiger partial charge in [-0.2, -0.15) is 0 Å². The first-order valence-electron chi connectivity index (χ1n) is 8.39. The van der Waals surface area contributed by atoms with Crippen LogP contribution < -0.4 is 5.32 Å². The SMILES string of the molecule is CCC(OC1CCCC(C)C1)C(=O)Nc1cc(C(=O)O)ccc1F. The lowest BCUT2D eigenvalue weighted by Crippen LogP contribution is -2.35. The molecule has 2 rings (SSSR count). The summed E-state index contributed by atoms with van der Waals surface area (Å²) in [5.74, 6) is -1.72. The summed E-state index contributed by atoms with van der Waals surface area (Å²) in [5.41, 5.74) is -0.222. The maximum Gasteiger partial charge on any atom is 0.335 e. The van der Waals surface area contributed by atoms with Gasteiger partial charge in [-0.25, -0.2) is 9.18 Å². The number of halogens is 1. The van der Waals surface area contributed by atoms with Gasteiger partial charge in [0.2, 0.25) is 0 Å². The smallest absolute Gasteiger partial charge is 0.335 e. The lowest BCUT2D eigenvalue weighted by atomic mass is 9.88. The van der Waals surface area contributed by atoms with Crippen molar-refractivity contribution in [2.24, 2.45) is 5.92 Å². The largest absolute Gasteiger partial charge is 0.478 e. The molecule has 24 heavy (non-hydrogen) atoms. The number of ether oxygens (including phenoxy) is 1. The summed E-state index contributed by atoms with van der Waals surface area (Å²) in [7, 11) is 0. The topological polar surface area (TPSA) is 75.6 Å². The highest BCUT2D eigenvalue weighted by molar-refractivity contribution is 5.96. The van der Waals surface area contributed by atoms with E-state index in [9.17, 15) is 14.0 Å². The van der Waals surface area contributed by atoms with Crippen LogP contribution in [0.5, 0.6) is 0 Å². The second kappa shape index (κ2) is 8.24. The van der Waals surface area contributed by atoms with Crippen LogP contribution in [0.25, 0.3) is 0 Å². The van der Waals surface area contributed by atoms with Gasteiger partial charge >= 0.3 is 5.97 Å². The van der Waals surface area contributed by atoms with Crippen molar-refractivity contribution in [2.45, 2.75) is 58.2 Å². The van der Waals surface area contributed by atoms with E-state index in [0.717, 1.165) is 37.5 Å². The molecule has 3 unspecified atom stereocenters. The molecule has 0 aliphatic heterocycles. The molecule has 1 aromatic carbocycles. The number of benzene rings is 1. The highest BCUT2D eigenvalue weighted by atomic mass is 19.1. The van der Waals surface area contributed by atoms with Gasteiger partial charge in [0.15, 0.2) is 0 Å². The van der Waals surface area contributed by atoms with Crippen LogP contribution in [0.1, 0.15) is 56.3 Å². The van der Waals surface area contributed by atoms with Crippen LogP contribution in [0.4, 0.5) is 10.1 Å². The van der Waals surface area contributed by atoms with Gasteiger partial charge in [-0.3, -0.25) is 4.79 Å². The number of anilines is 1. The van der Waals surface area contributed by atoms with E-state index in [4.69, 9.17) is 9.84 Å². The molecule has 1 aliphatic rings. The predicted molar refractivity (Wildman–Crippen MR) is 88.6 cm³/mol. The Labute approximate surface area is 141 Å². The van der Waals surface area contributed by atoms with Gasteiger partial charge in [0, 0.05) is 0 Å². The maximum absolute atomic E-state index is 13.8. The number of nitrogens with one attached hydrogen (secondary N) is 1. The van der Waals surface area contributed by atoms with E-state index in [1.165, 1.54) is 6.42 Å². The van der Waals surface area contributed by atoms with Crippen LogP contribution in [-0.4, -0.2) is 29.2 Å². The molecule has 0 heterocycles. The minimum Gasteiger partial charge on any atom is -0.478 e. The number of carbonyl (C=O) groups is 2. The molecule has 132 valence electrons. The Hall–Kier alpha value is -1.95. The lowest BCUT2D eigenvalue weighted by molar-refractivity contribution is -0.133. The number of carbonyl (C=O) groups excluding carboxylic acids is 1. The molecule has 0 radical (unpaired) electrons. The molecule has 0 saturated heterocycles. The van der Waals surface area contributed by atoms with Gasteiger partial charge in [0.05, 0.1) is 17.4 Å². The van der Waals surface area contributed by atoms with Crippen molar-refractivity contribution in [3.63, 3.8) is 0 Å². The normalized spacial score (nSPS) is 22.0. The Kier molecular flexibility index (Phi) is 6.31. The molecule has 5 nitrogen and oxygen atoms in total. The molecular weight excluding hydrogens is 313 g/mol. The summed E-state index contributed by atoms with van der Waals surface area (Å²) in [6, 6.07) is 3.30. The van der Waals surface area contributed by atoms with Gasteiger partial charge in [0.1, 0.15) is 11.9 Å². The zero-order valence-corrected chi connectivity index (χ0v) is 14.0. The zero-order valence-electron chi connectivity index (χ0n) is 14.0. The monoisotopic (exact) mass is 337 g/mol. The molecule has 1 saturated carbocycles. The van der Waals surface area contributed by atoms with E-state index in [1.54, 1.807) is 0 Å². The number of carboxylic acids is 1. The Morgan fingerprint density at radius 1 is 1.42 bits per heavy atom. The van der Waals surface area contributed by atoms with Crippen LogP contribution in [-0.2, 0) is 9.53 Å². The van der Waals surface area contributed by atoms with Crippen molar-refractivity contribution in [2.75, 3.05) is 5.32 Å². The van der Waals surface area contributed by atoms with Gasteiger partial charge in [-0.1, -0.05) is 26.7 Å². The highest BCUT2D eigenvalue weighted by Gasteiger charge is 2.26. The average molecular weight is 337 g/mol. The van der Waals surface area contributed by atoms with Crippen molar-refractivity contribution < 1.29 is 23.8 Å². The minimum atomic E-state index is -1.18. The fourth-order valence-corrected chi connectivity index (χ4v) is 3.05. The standard InChI is InChI=1S/C18H24FNO4/c1-3-16(24-13-6-4-5-11(2)9-13)17(21)20-15-10-12(18(22)23)7-8-14(15)19/h7-8,10-11,13,16H,3-6,9H2,1-2H3,(H,20,21)(H,22,23). The minimum absolute atomic E-state index is 0.0413. The fraction of sp³-hybridized carbons (Fsp3) is 0.556. The first-order valence-corrected chi connectivity index (χ1v) is 8.39. The summed E-state index contributed by atoms with van der Waals surface area (Å²) >= 11 is 0. The van der Waals surface area contributed by atoms with E-state index in [-0.39, 0.29) is 17.4 Å². The molecular formula is C18H24FNO4. The lowest BCUT2D eigenvalue weighted by Gasteiger charge is -2.29. The summed E-state index contributed by atoms with van der Waals surface area (Å²) in [5, 5.41) is 11.4. The van der Waals surface area contributed by atoms with Gasteiger partial charge in [0.25, 0.3) is 5.91 Å². The molecule has 2 N–H and O–H groups in total. The Balaban J connectivity index is 2.03. The third kappa shape index (κ3) is 4.77. The second-order valence-corrected chi connectivity index (χ2v) is 6.42. The van der Waals surface area contributed by atoms with Crippen LogP contribution >= 0.6 is 0 Å². The first-order chi connectivity index (χ1) is 11.4. The third-order valence-corrected chi connectivity index (χ3v) is 4.38. The molecule has 1 fully saturated rings. The Morgan fingerprint density at radius 2 is 2.17 bits per heavy atom. The van der Waals surface area contributed by atoms with Crippen molar-refractivity contribution in [1.82, 2.24) is 0 Å². The molecule has 0 bridgehead atoms. The van der Waals surface area contributed by atoms with Crippen molar-refractivity contribution in [3.05, 3.63) is 29.6 Å². The Bertz CT molecular complexity index is 605.